The molecule has 0 unspecified atom stereocenters. The van der Waals surface area contributed by atoms with E-state index in [4.69, 9.17) is 22.4 Å². The molecule has 3 N–H and O–H groups in total. The van der Waals surface area contributed by atoms with Gasteiger partial charge in [-0.15, -0.1) is 0 Å². The van der Waals surface area contributed by atoms with Gasteiger partial charge in [0.1, 0.15) is 0 Å². The molecule has 0 saturated carbocycles. The van der Waals surface area contributed by atoms with Crippen LogP contribution >= 0.6 is 11.6 Å². The number of hydrogen-bond acceptors (Lipinski definition) is 4. The SMILES string of the molecule is Cc1ccccc1N1CCN(c2cc(Cl)c(C(=O)O)cc2N)CC1. The van der Waals surface area contributed by atoms with Crippen molar-refractivity contribution in [1.82, 2.24) is 0 Å². The standard InChI is InChI=1S/C18H20ClN3O2/c1-12-4-2-3-5-16(12)21-6-8-22(9-7-21)17-11-14(19)13(18(23)24)10-15(17)20/h2-5,10-11H,6-9,20H2,1H3,(H,23,24). The number of carboxylic acids is 1. The molecule has 0 amide bonds. The van der Waals surface area contributed by atoms with Crippen molar-refractivity contribution in [2.45, 2.75) is 6.92 Å². The Hall–Kier alpha value is -2.40. The number of piperazine rings is 1. The highest BCUT2D eigenvalue weighted by molar-refractivity contribution is 6.34. The molecule has 0 aliphatic carbocycles. The zero-order chi connectivity index (χ0) is 17.3. The number of aromatic carboxylic acids is 1. The molecule has 0 spiro atoms. The molecule has 1 fully saturated rings. The summed E-state index contributed by atoms with van der Waals surface area (Å²) in [6.45, 7) is 5.48. The van der Waals surface area contributed by atoms with Crippen LogP contribution in [0.5, 0.6) is 0 Å². The van der Waals surface area contributed by atoms with Gasteiger partial charge in [-0.2, -0.15) is 0 Å². The van der Waals surface area contributed by atoms with Crippen LogP contribution < -0.4 is 15.5 Å². The van der Waals surface area contributed by atoms with Crippen LogP contribution in [-0.2, 0) is 0 Å². The zero-order valence-corrected chi connectivity index (χ0v) is 14.3. The number of nitrogens with zero attached hydrogens (tertiary/aromatic N) is 2. The highest BCUT2D eigenvalue weighted by Crippen LogP contribution is 2.32. The topological polar surface area (TPSA) is 69.8 Å². The molecule has 0 atom stereocenters. The maximum Gasteiger partial charge on any atom is 0.337 e. The molecule has 3 rings (SSSR count). The molecule has 0 aromatic heterocycles. The molecule has 126 valence electrons. The second-order valence-corrected chi connectivity index (χ2v) is 6.36. The third kappa shape index (κ3) is 3.12. The van der Waals surface area contributed by atoms with Gasteiger partial charge in [-0.05, 0) is 30.7 Å². The smallest absolute Gasteiger partial charge is 0.337 e. The number of hydrogen-bond donors (Lipinski definition) is 2. The van der Waals surface area contributed by atoms with Crippen LogP contribution in [0.1, 0.15) is 15.9 Å². The number of nitrogen functional groups attached to an aromatic ring is 1. The number of halogens is 1. The van der Waals surface area contributed by atoms with Crippen LogP contribution in [0, 0.1) is 6.92 Å². The normalized spacial score (nSPS) is 14.8. The number of para-hydroxylation sites is 1. The molecule has 2 aromatic carbocycles. The van der Waals surface area contributed by atoms with Crippen molar-refractivity contribution < 1.29 is 9.90 Å². The minimum Gasteiger partial charge on any atom is -0.478 e. The van der Waals surface area contributed by atoms with E-state index in [1.165, 1.54) is 17.3 Å². The minimum atomic E-state index is -1.07. The molecule has 1 aliphatic rings. The Morgan fingerprint density at radius 2 is 1.67 bits per heavy atom. The Bertz CT molecular complexity index is 771. The highest BCUT2D eigenvalue weighted by atomic mass is 35.5. The third-order valence-electron chi connectivity index (χ3n) is 4.42. The van der Waals surface area contributed by atoms with Gasteiger partial charge in [0.2, 0.25) is 0 Å². The van der Waals surface area contributed by atoms with Crippen molar-refractivity contribution in [2.24, 2.45) is 0 Å². The first-order valence-electron chi connectivity index (χ1n) is 7.85. The lowest BCUT2D eigenvalue weighted by Gasteiger charge is -2.38. The van der Waals surface area contributed by atoms with Crippen LogP contribution in [0.25, 0.3) is 0 Å². The van der Waals surface area contributed by atoms with E-state index in [0.717, 1.165) is 31.9 Å². The molecule has 1 saturated heterocycles. The van der Waals surface area contributed by atoms with E-state index in [1.807, 2.05) is 6.07 Å². The van der Waals surface area contributed by atoms with E-state index >= 15 is 0 Å². The van der Waals surface area contributed by atoms with Crippen LogP contribution in [0.4, 0.5) is 17.1 Å². The Labute approximate surface area is 146 Å². The van der Waals surface area contributed by atoms with Gasteiger partial charge in [0.15, 0.2) is 0 Å². The molecule has 1 aliphatic heterocycles. The average molecular weight is 346 g/mol. The molecule has 5 nitrogen and oxygen atoms in total. The molecular formula is C18H20ClN3O2. The van der Waals surface area contributed by atoms with Crippen LogP contribution in [0.15, 0.2) is 36.4 Å². The summed E-state index contributed by atoms with van der Waals surface area (Å²) in [7, 11) is 0. The van der Waals surface area contributed by atoms with Gasteiger partial charge in [-0.3, -0.25) is 0 Å². The summed E-state index contributed by atoms with van der Waals surface area (Å²) in [6, 6.07) is 11.4. The van der Waals surface area contributed by atoms with E-state index < -0.39 is 5.97 Å². The summed E-state index contributed by atoms with van der Waals surface area (Å²) >= 11 is 6.09. The highest BCUT2D eigenvalue weighted by Gasteiger charge is 2.21. The number of nitrogens with two attached hydrogens (primary N) is 1. The van der Waals surface area contributed by atoms with Gasteiger partial charge < -0.3 is 20.6 Å². The van der Waals surface area contributed by atoms with Crippen molar-refractivity contribution >= 4 is 34.6 Å². The molecular weight excluding hydrogens is 326 g/mol. The first-order valence-corrected chi connectivity index (χ1v) is 8.23. The first kappa shape index (κ1) is 16.5. The zero-order valence-electron chi connectivity index (χ0n) is 13.5. The second-order valence-electron chi connectivity index (χ2n) is 5.96. The summed E-state index contributed by atoms with van der Waals surface area (Å²) in [6.07, 6.45) is 0. The number of carbonyl (C=O) groups is 1. The minimum absolute atomic E-state index is 0.0384. The third-order valence-corrected chi connectivity index (χ3v) is 4.74. The van der Waals surface area contributed by atoms with Crippen molar-refractivity contribution in [3.05, 3.63) is 52.5 Å². The summed E-state index contributed by atoms with van der Waals surface area (Å²) in [4.78, 5) is 15.6. The Balaban J connectivity index is 1.77. The van der Waals surface area contributed by atoms with Gasteiger partial charge in [-0.25, -0.2) is 4.79 Å². The molecule has 0 radical (unpaired) electrons. The monoisotopic (exact) mass is 345 g/mol. The predicted octanol–water partition coefficient (Wildman–Crippen LogP) is 3.26. The average Bonchev–Trinajstić information content (AvgIpc) is 2.57. The quantitative estimate of drug-likeness (QED) is 0.836. The number of aryl methyl sites for hydroxylation is 1. The van der Waals surface area contributed by atoms with E-state index in [9.17, 15) is 4.79 Å². The number of benzene rings is 2. The van der Waals surface area contributed by atoms with Gasteiger partial charge in [-0.1, -0.05) is 29.8 Å². The van der Waals surface area contributed by atoms with E-state index in [2.05, 4.69) is 34.9 Å². The van der Waals surface area contributed by atoms with Crippen molar-refractivity contribution in [2.75, 3.05) is 41.7 Å². The van der Waals surface area contributed by atoms with Gasteiger partial charge >= 0.3 is 5.97 Å². The number of anilines is 3. The molecule has 1 heterocycles. The number of rotatable bonds is 3. The van der Waals surface area contributed by atoms with Crippen LogP contribution in [-0.4, -0.2) is 37.3 Å². The largest absolute Gasteiger partial charge is 0.478 e. The number of carboxylic acid groups (broad SMARTS) is 1. The van der Waals surface area contributed by atoms with Crippen LogP contribution in [0.3, 0.4) is 0 Å². The van der Waals surface area contributed by atoms with Gasteiger partial charge in [0.05, 0.1) is 22.0 Å². The molecule has 6 heteroatoms. The van der Waals surface area contributed by atoms with E-state index in [0.29, 0.717) is 5.69 Å². The van der Waals surface area contributed by atoms with Crippen molar-refractivity contribution in [3.63, 3.8) is 0 Å². The second kappa shape index (κ2) is 6.61. The van der Waals surface area contributed by atoms with Crippen LogP contribution in [0.2, 0.25) is 5.02 Å². The van der Waals surface area contributed by atoms with Crippen molar-refractivity contribution in [1.29, 1.82) is 0 Å². The van der Waals surface area contributed by atoms with Gasteiger partial charge in [0.25, 0.3) is 0 Å². The predicted molar refractivity (Wildman–Crippen MR) is 98.4 cm³/mol. The van der Waals surface area contributed by atoms with Crippen molar-refractivity contribution in [3.8, 4) is 0 Å². The summed E-state index contributed by atoms with van der Waals surface area (Å²) < 4.78 is 0. The summed E-state index contributed by atoms with van der Waals surface area (Å²) in [5.74, 6) is -1.07. The fourth-order valence-corrected chi connectivity index (χ4v) is 3.36. The Morgan fingerprint density at radius 3 is 2.25 bits per heavy atom. The Kier molecular flexibility index (Phi) is 4.53. The summed E-state index contributed by atoms with van der Waals surface area (Å²) in [5.41, 5.74) is 9.85. The fourth-order valence-electron chi connectivity index (χ4n) is 3.12. The maximum absolute atomic E-state index is 11.1. The Morgan fingerprint density at radius 1 is 1.08 bits per heavy atom. The lowest BCUT2D eigenvalue weighted by atomic mass is 10.1. The molecule has 24 heavy (non-hydrogen) atoms. The fraction of sp³-hybridized carbons (Fsp3) is 0.278. The lowest BCUT2D eigenvalue weighted by molar-refractivity contribution is 0.0697. The first-order chi connectivity index (χ1) is 11.5. The summed E-state index contributed by atoms with van der Waals surface area (Å²) in [5, 5.41) is 9.33. The maximum atomic E-state index is 11.1. The van der Waals surface area contributed by atoms with E-state index in [1.54, 1.807) is 6.07 Å². The van der Waals surface area contributed by atoms with E-state index in [-0.39, 0.29) is 10.6 Å². The lowest BCUT2D eigenvalue weighted by Crippen LogP contribution is -2.47. The van der Waals surface area contributed by atoms with Gasteiger partial charge in [0, 0.05) is 31.9 Å². The molecule has 0 bridgehead atoms. The molecule has 2 aromatic rings.